The molecule has 4 aromatic rings. The molecule has 30 heavy (non-hydrogen) atoms. The second-order valence-corrected chi connectivity index (χ2v) is 8.66. The monoisotopic (exact) mass is 410 g/mol. The quantitative estimate of drug-likeness (QED) is 0.423. The lowest BCUT2D eigenvalue weighted by atomic mass is 10.0. The van der Waals surface area contributed by atoms with Crippen LogP contribution in [-0.2, 0) is 6.54 Å². The smallest absolute Gasteiger partial charge is 0.0998 e. The highest BCUT2D eigenvalue weighted by Crippen LogP contribution is 2.34. The Kier molecular flexibility index (Phi) is 5.18. The number of rotatable bonds is 4. The Balaban J connectivity index is 1.46. The molecule has 148 valence electrons. The molecular formula is C25H22N4S. The van der Waals surface area contributed by atoms with Crippen molar-refractivity contribution in [2.24, 2.45) is 0 Å². The van der Waals surface area contributed by atoms with Gasteiger partial charge in [0.15, 0.2) is 0 Å². The maximum atomic E-state index is 9.50. The Bertz CT molecular complexity index is 1210. The highest BCUT2D eigenvalue weighted by atomic mass is 32.1. The molecule has 0 bridgehead atoms. The summed E-state index contributed by atoms with van der Waals surface area (Å²) in [5.74, 6) is 0. The number of hydrogen-bond donors (Lipinski definition) is 0. The van der Waals surface area contributed by atoms with Gasteiger partial charge in [-0.2, -0.15) is 5.26 Å². The van der Waals surface area contributed by atoms with Gasteiger partial charge in [0.05, 0.1) is 34.4 Å². The van der Waals surface area contributed by atoms with Crippen molar-refractivity contribution in [1.82, 2.24) is 9.99 Å². The van der Waals surface area contributed by atoms with E-state index in [1.807, 2.05) is 47.9 Å². The Morgan fingerprint density at radius 1 is 0.900 bits per heavy atom. The van der Waals surface area contributed by atoms with Crippen LogP contribution in [-0.4, -0.2) is 23.1 Å². The predicted octanol–water partition coefficient (Wildman–Crippen LogP) is 5.85. The van der Waals surface area contributed by atoms with Gasteiger partial charge in [0.2, 0.25) is 0 Å². The summed E-state index contributed by atoms with van der Waals surface area (Å²) in [7, 11) is 0. The lowest BCUT2D eigenvalue weighted by Crippen LogP contribution is -2.46. The number of hydrogen-bond acceptors (Lipinski definition) is 5. The zero-order chi connectivity index (χ0) is 20.3. The van der Waals surface area contributed by atoms with E-state index in [-0.39, 0.29) is 0 Å². The third kappa shape index (κ3) is 3.56. The van der Waals surface area contributed by atoms with Crippen LogP contribution < -0.4 is 5.01 Å². The van der Waals surface area contributed by atoms with Crippen LogP contribution in [0.2, 0.25) is 0 Å². The van der Waals surface area contributed by atoms with Crippen molar-refractivity contribution >= 4 is 27.8 Å². The van der Waals surface area contributed by atoms with Crippen molar-refractivity contribution in [2.75, 3.05) is 18.1 Å². The first-order chi connectivity index (χ1) is 14.8. The number of nitriles is 1. The zero-order valence-corrected chi connectivity index (χ0v) is 17.5. The van der Waals surface area contributed by atoms with E-state index in [0.29, 0.717) is 0 Å². The SMILES string of the molecule is N#Cc1ccc(N2CCCCN2Cc2ccc(-c3ccccn3)s2)c2ccccc12. The number of pyridine rings is 1. The van der Waals surface area contributed by atoms with E-state index < -0.39 is 0 Å². The first-order valence-electron chi connectivity index (χ1n) is 10.3. The normalized spacial score (nSPS) is 14.7. The fraction of sp³-hybridized carbons (Fsp3) is 0.200. The molecule has 3 heterocycles. The Morgan fingerprint density at radius 2 is 1.73 bits per heavy atom. The van der Waals surface area contributed by atoms with Gasteiger partial charge in [-0.25, -0.2) is 5.01 Å². The van der Waals surface area contributed by atoms with Crippen LogP contribution >= 0.6 is 11.3 Å². The van der Waals surface area contributed by atoms with E-state index in [1.54, 1.807) is 0 Å². The highest BCUT2D eigenvalue weighted by Gasteiger charge is 2.23. The van der Waals surface area contributed by atoms with Crippen molar-refractivity contribution in [3.05, 3.63) is 83.4 Å². The first-order valence-corrected chi connectivity index (χ1v) is 11.1. The molecule has 0 amide bonds. The number of nitrogens with zero attached hydrogens (tertiary/aromatic N) is 4. The van der Waals surface area contributed by atoms with Crippen LogP contribution in [0.4, 0.5) is 5.69 Å². The van der Waals surface area contributed by atoms with Crippen molar-refractivity contribution in [1.29, 1.82) is 5.26 Å². The van der Waals surface area contributed by atoms with Crippen LogP contribution in [0.5, 0.6) is 0 Å². The summed E-state index contributed by atoms with van der Waals surface area (Å²) in [5.41, 5.74) is 2.95. The minimum atomic E-state index is 0.733. The van der Waals surface area contributed by atoms with Crippen LogP contribution in [0.25, 0.3) is 21.3 Å². The summed E-state index contributed by atoms with van der Waals surface area (Å²) in [6.07, 6.45) is 4.22. The average molecular weight is 411 g/mol. The van der Waals surface area contributed by atoms with Gasteiger partial charge in [-0.1, -0.05) is 30.3 Å². The maximum Gasteiger partial charge on any atom is 0.0998 e. The number of thiophene rings is 1. The molecule has 0 saturated carbocycles. The second kappa shape index (κ2) is 8.27. The molecule has 0 atom stereocenters. The topological polar surface area (TPSA) is 43.2 Å². The molecule has 5 rings (SSSR count). The summed E-state index contributed by atoms with van der Waals surface area (Å²) in [5, 5.41) is 16.5. The molecule has 0 radical (unpaired) electrons. The summed E-state index contributed by atoms with van der Waals surface area (Å²) < 4.78 is 0. The Hall–Kier alpha value is -3.20. The minimum absolute atomic E-state index is 0.733. The van der Waals surface area contributed by atoms with Crippen molar-refractivity contribution in [3.8, 4) is 16.6 Å². The molecular weight excluding hydrogens is 388 g/mol. The number of fused-ring (bicyclic) bond motifs is 1. The van der Waals surface area contributed by atoms with E-state index in [2.05, 4.69) is 57.5 Å². The number of benzene rings is 2. The van der Waals surface area contributed by atoms with Crippen molar-refractivity contribution in [3.63, 3.8) is 0 Å². The summed E-state index contributed by atoms with van der Waals surface area (Å²) >= 11 is 1.81. The molecule has 0 N–H and O–H groups in total. The van der Waals surface area contributed by atoms with E-state index in [1.165, 1.54) is 28.3 Å². The van der Waals surface area contributed by atoms with Crippen LogP contribution in [0.1, 0.15) is 23.3 Å². The number of hydrazine groups is 1. The van der Waals surface area contributed by atoms with Gasteiger partial charge in [-0.3, -0.25) is 4.98 Å². The first kappa shape index (κ1) is 18.8. The van der Waals surface area contributed by atoms with Gasteiger partial charge in [0, 0.05) is 34.9 Å². The van der Waals surface area contributed by atoms with E-state index in [0.717, 1.165) is 41.7 Å². The highest BCUT2D eigenvalue weighted by molar-refractivity contribution is 7.15. The lowest BCUT2D eigenvalue weighted by molar-refractivity contribution is 0.206. The van der Waals surface area contributed by atoms with Gasteiger partial charge >= 0.3 is 0 Å². The number of anilines is 1. The van der Waals surface area contributed by atoms with Crippen LogP contribution in [0.15, 0.2) is 72.9 Å². The Morgan fingerprint density at radius 3 is 2.57 bits per heavy atom. The fourth-order valence-electron chi connectivity index (χ4n) is 4.15. The zero-order valence-electron chi connectivity index (χ0n) is 16.7. The van der Waals surface area contributed by atoms with E-state index in [4.69, 9.17) is 0 Å². The van der Waals surface area contributed by atoms with Gasteiger partial charge in [0.1, 0.15) is 0 Å². The molecule has 1 aliphatic heterocycles. The summed E-state index contributed by atoms with van der Waals surface area (Å²) in [6, 6.07) is 25.1. The average Bonchev–Trinajstić information content (AvgIpc) is 3.28. The largest absolute Gasteiger partial charge is 0.305 e. The molecule has 5 heteroatoms. The van der Waals surface area contributed by atoms with E-state index in [9.17, 15) is 5.26 Å². The van der Waals surface area contributed by atoms with Crippen LogP contribution in [0.3, 0.4) is 0 Å². The van der Waals surface area contributed by atoms with Gasteiger partial charge < -0.3 is 5.01 Å². The van der Waals surface area contributed by atoms with Crippen molar-refractivity contribution in [2.45, 2.75) is 19.4 Å². The summed E-state index contributed by atoms with van der Waals surface area (Å²) in [6.45, 7) is 2.91. The lowest BCUT2D eigenvalue weighted by Gasteiger charge is -2.40. The third-order valence-electron chi connectivity index (χ3n) is 5.59. The molecule has 1 fully saturated rings. The molecule has 0 unspecified atom stereocenters. The predicted molar refractivity (Wildman–Crippen MR) is 123 cm³/mol. The molecule has 0 aliphatic carbocycles. The molecule has 1 aliphatic rings. The Labute approximate surface area is 180 Å². The fourth-order valence-corrected chi connectivity index (χ4v) is 5.14. The van der Waals surface area contributed by atoms with Crippen molar-refractivity contribution < 1.29 is 0 Å². The third-order valence-corrected chi connectivity index (χ3v) is 6.69. The molecule has 1 saturated heterocycles. The molecule has 0 spiro atoms. The molecule has 4 nitrogen and oxygen atoms in total. The van der Waals surface area contributed by atoms with E-state index >= 15 is 0 Å². The van der Waals surface area contributed by atoms with Gasteiger partial charge in [-0.05, 0) is 49.2 Å². The summed E-state index contributed by atoms with van der Waals surface area (Å²) in [4.78, 5) is 7.02. The second-order valence-electron chi connectivity index (χ2n) is 7.49. The maximum absolute atomic E-state index is 9.50. The van der Waals surface area contributed by atoms with Crippen LogP contribution in [0, 0.1) is 11.3 Å². The number of aromatic nitrogens is 1. The van der Waals surface area contributed by atoms with Gasteiger partial charge in [0.25, 0.3) is 0 Å². The van der Waals surface area contributed by atoms with Gasteiger partial charge in [-0.15, -0.1) is 11.3 Å². The standard InChI is InChI=1S/C25H22N4S/c26-17-19-10-12-24(22-8-2-1-7-21(19)22)29-16-6-5-15-28(29)18-20-11-13-25(30-20)23-9-3-4-14-27-23/h1-4,7-14H,5-6,15-16,18H2. The molecule has 2 aromatic carbocycles. The minimum Gasteiger partial charge on any atom is -0.305 e. The molecule has 2 aromatic heterocycles.